The third kappa shape index (κ3) is 5.30. The number of piperidine rings is 1. The monoisotopic (exact) mass is 414 g/mol. The van der Waals surface area contributed by atoms with Crippen molar-refractivity contribution in [1.29, 1.82) is 0 Å². The van der Waals surface area contributed by atoms with E-state index in [1.165, 1.54) is 6.07 Å². The van der Waals surface area contributed by atoms with Gasteiger partial charge < -0.3 is 14.8 Å². The number of benzene rings is 2. The molecule has 1 amide bonds. The fourth-order valence-electron chi connectivity index (χ4n) is 4.00. The number of hydrogen-bond acceptors (Lipinski definition) is 4. The number of nitrogens with one attached hydrogen (secondary N) is 1. The van der Waals surface area contributed by atoms with Gasteiger partial charge in [-0.2, -0.15) is 0 Å². The van der Waals surface area contributed by atoms with Crippen molar-refractivity contribution in [3.8, 4) is 11.5 Å². The molecular formula is C24H31FN2O3. The molecule has 2 aromatic rings. The maximum Gasteiger partial charge on any atom is 0.223 e. The number of hydrogen-bond donors (Lipinski definition) is 1. The molecule has 1 N–H and O–H groups in total. The van der Waals surface area contributed by atoms with Crippen LogP contribution in [-0.4, -0.2) is 38.1 Å². The quantitative estimate of drug-likeness (QED) is 0.699. The van der Waals surface area contributed by atoms with Crippen molar-refractivity contribution in [3.05, 3.63) is 59.4 Å². The Morgan fingerprint density at radius 2 is 1.83 bits per heavy atom. The molecule has 6 heteroatoms. The Hall–Kier alpha value is -2.60. The lowest BCUT2D eigenvalue weighted by atomic mass is 9.94. The zero-order chi connectivity index (χ0) is 21.5. The summed E-state index contributed by atoms with van der Waals surface area (Å²) in [7, 11) is 3.21. The highest BCUT2D eigenvalue weighted by molar-refractivity contribution is 5.79. The van der Waals surface area contributed by atoms with Crippen LogP contribution in [0.2, 0.25) is 0 Å². The maximum atomic E-state index is 13.9. The zero-order valence-electron chi connectivity index (χ0n) is 18.0. The van der Waals surface area contributed by atoms with Gasteiger partial charge in [0.1, 0.15) is 5.82 Å². The van der Waals surface area contributed by atoms with Crippen LogP contribution in [0.15, 0.2) is 42.5 Å². The number of likely N-dealkylation sites (tertiary alicyclic amines) is 1. The van der Waals surface area contributed by atoms with Crippen LogP contribution in [0.1, 0.15) is 43.4 Å². The van der Waals surface area contributed by atoms with Crippen LogP contribution < -0.4 is 14.8 Å². The van der Waals surface area contributed by atoms with E-state index in [2.05, 4.69) is 17.1 Å². The summed E-state index contributed by atoms with van der Waals surface area (Å²) in [6.07, 6.45) is 2.35. The number of rotatable bonds is 8. The number of ether oxygens (including phenoxy) is 2. The second kappa shape index (κ2) is 10.4. The number of amides is 1. The van der Waals surface area contributed by atoms with E-state index in [4.69, 9.17) is 9.47 Å². The van der Waals surface area contributed by atoms with Crippen molar-refractivity contribution >= 4 is 5.91 Å². The number of carbonyl (C=O) groups is 1. The Labute approximate surface area is 178 Å². The minimum absolute atomic E-state index is 0.0175. The summed E-state index contributed by atoms with van der Waals surface area (Å²) in [5.41, 5.74) is 1.71. The van der Waals surface area contributed by atoms with Gasteiger partial charge in [0.05, 0.1) is 20.3 Å². The highest BCUT2D eigenvalue weighted by Gasteiger charge is 2.27. The average Bonchev–Trinajstić information content (AvgIpc) is 2.78. The minimum Gasteiger partial charge on any atom is -0.493 e. The minimum atomic E-state index is -0.168. The Balaban J connectivity index is 1.56. The fourth-order valence-corrected chi connectivity index (χ4v) is 4.00. The standard InChI is InChI=1S/C24H31FN2O3/c1-4-21(18-9-10-22(29-2)23(15-18)30-3)26-24(28)17-11-13-27(14-12-17)16-19-7-5-6-8-20(19)25/h5-10,15,17,21H,4,11-14,16H2,1-3H3,(H,26,28)/t21-/m0/s1. The molecule has 3 rings (SSSR count). The highest BCUT2D eigenvalue weighted by Crippen LogP contribution is 2.31. The van der Waals surface area contributed by atoms with Crippen LogP contribution in [0, 0.1) is 11.7 Å². The van der Waals surface area contributed by atoms with Crippen molar-refractivity contribution in [1.82, 2.24) is 10.2 Å². The second-order valence-corrected chi connectivity index (χ2v) is 7.73. The Morgan fingerprint density at radius 1 is 1.13 bits per heavy atom. The lowest BCUT2D eigenvalue weighted by Gasteiger charge is -2.32. The van der Waals surface area contributed by atoms with Gasteiger partial charge in [0.15, 0.2) is 11.5 Å². The third-order valence-electron chi connectivity index (χ3n) is 5.84. The molecule has 1 heterocycles. The highest BCUT2D eigenvalue weighted by atomic mass is 19.1. The number of halogens is 1. The normalized spacial score (nSPS) is 16.1. The van der Waals surface area contributed by atoms with E-state index in [1.54, 1.807) is 20.3 Å². The lowest BCUT2D eigenvalue weighted by Crippen LogP contribution is -2.41. The van der Waals surface area contributed by atoms with Crippen molar-refractivity contribution in [2.75, 3.05) is 27.3 Å². The smallest absolute Gasteiger partial charge is 0.223 e. The van der Waals surface area contributed by atoms with Crippen LogP contribution in [0.4, 0.5) is 4.39 Å². The first-order valence-electron chi connectivity index (χ1n) is 10.5. The Kier molecular flexibility index (Phi) is 7.69. The van der Waals surface area contributed by atoms with Gasteiger partial charge >= 0.3 is 0 Å². The van der Waals surface area contributed by atoms with E-state index in [1.807, 2.05) is 30.3 Å². The van der Waals surface area contributed by atoms with Crippen molar-refractivity contribution in [2.24, 2.45) is 5.92 Å². The van der Waals surface area contributed by atoms with Crippen LogP contribution >= 0.6 is 0 Å². The Morgan fingerprint density at radius 3 is 2.47 bits per heavy atom. The van der Waals surface area contributed by atoms with Crippen LogP contribution in [0.3, 0.4) is 0 Å². The summed E-state index contributed by atoms with van der Waals surface area (Å²) in [5.74, 6) is 1.23. The molecule has 2 aromatic carbocycles. The summed E-state index contributed by atoms with van der Waals surface area (Å²) < 4.78 is 24.6. The van der Waals surface area contributed by atoms with Crippen molar-refractivity contribution in [2.45, 2.75) is 38.8 Å². The number of carbonyl (C=O) groups excluding carboxylic acids is 1. The fraction of sp³-hybridized carbons (Fsp3) is 0.458. The van der Waals surface area contributed by atoms with Crippen LogP contribution in [-0.2, 0) is 11.3 Å². The van der Waals surface area contributed by atoms with E-state index in [0.717, 1.165) is 37.9 Å². The molecule has 1 saturated heterocycles. The molecule has 0 aliphatic carbocycles. The van der Waals surface area contributed by atoms with Crippen molar-refractivity contribution in [3.63, 3.8) is 0 Å². The van der Waals surface area contributed by atoms with Crippen molar-refractivity contribution < 1.29 is 18.7 Å². The molecule has 1 atom stereocenters. The molecule has 30 heavy (non-hydrogen) atoms. The SMILES string of the molecule is CC[C@H](NC(=O)C1CCN(Cc2ccccc2F)CC1)c1ccc(OC)c(OC)c1. The third-order valence-corrected chi connectivity index (χ3v) is 5.84. The molecule has 5 nitrogen and oxygen atoms in total. The van der Waals surface area contributed by atoms with Gasteiger partial charge in [0.2, 0.25) is 5.91 Å². The first-order chi connectivity index (χ1) is 14.5. The summed E-state index contributed by atoms with van der Waals surface area (Å²) in [6, 6.07) is 12.6. The summed E-state index contributed by atoms with van der Waals surface area (Å²) in [6.45, 7) is 4.22. The van der Waals surface area contributed by atoms with Crippen LogP contribution in [0.25, 0.3) is 0 Å². The molecule has 0 aromatic heterocycles. The second-order valence-electron chi connectivity index (χ2n) is 7.73. The Bertz CT molecular complexity index is 850. The van der Waals surface area contributed by atoms with Crippen LogP contribution in [0.5, 0.6) is 11.5 Å². The first-order valence-corrected chi connectivity index (χ1v) is 10.5. The lowest BCUT2D eigenvalue weighted by molar-refractivity contribution is -0.127. The zero-order valence-corrected chi connectivity index (χ0v) is 18.0. The molecule has 162 valence electrons. The molecule has 0 saturated carbocycles. The molecule has 0 spiro atoms. The number of nitrogens with zero attached hydrogens (tertiary/aromatic N) is 1. The van der Waals surface area contributed by atoms with Gasteiger partial charge in [0.25, 0.3) is 0 Å². The summed E-state index contributed by atoms with van der Waals surface area (Å²) >= 11 is 0. The topological polar surface area (TPSA) is 50.8 Å². The van der Waals surface area contributed by atoms with Gasteiger partial charge in [-0.1, -0.05) is 31.2 Å². The summed E-state index contributed by atoms with van der Waals surface area (Å²) in [4.78, 5) is 15.1. The molecular weight excluding hydrogens is 383 g/mol. The summed E-state index contributed by atoms with van der Waals surface area (Å²) in [5, 5.41) is 3.20. The predicted molar refractivity (Wildman–Crippen MR) is 115 cm³/mol. The van der Waals surface area contributed by atoms with Gasteiger partial charge in [0, 0.05) is 18.0 Å². The van der Waals surface area contributed by atoms with E-state index in [0.29, 0.717) is 23.6 Å². The van der Waals surface area contributed by atoms with E-state index >= 15 is 0 Å². The van der Waals surface area contributed by atoms with E-state index in [-0.39, 0.29) is 23.7 Å². The van der Waals surface area contributed by atoms with E-state index in [9.17, 15) is 9.18 Å². The average molecular weight is 415 g/mol. The van der Waals surface area contributed by atoms with Gasteiger partial charge in [-0.15, -0.1) is 0 Å². The van der Waals surface area contributed by atoms with E-state index < -0.39 is 0 Å². The first kappa shape index (κ1) is 22.1. The van der Waals surface area contributed by atoms with Gasteiger partial charge in [-0.05, 0) is 56.1 Å². The van der Waals surface area contributed by atoms with Gasteiger partial charge in [-0.25, -0.2) is 4.39 Å². The molecule has 0 radical (unpaired) electrons. The van der Waals surface area contributed by atoms with Gasteiger partial charge in [-0.3, -0.25) is 9.69 Å². The molecule has 1 aliphatic heterocycles. The maximum absolute atomic E-state index is 13.9. The predicted octanol–water partition coefficient (Wildman–Crippen LogP) is 4.32. The molecule has 1 fully saturated rings. The molecule has 0 unspecified atom stereocenters. The number of methoxy groups -OCH3 is 2. The molecule has 1 aliphatic rings. The largest absolute Gasteiger partial charge is 0.493 e. The molecule has 0 bridgehead atoms.